The Labute approximate surface area is 124 Å². The van der Waals surface area contributed by atoms with E-state index < -0.39 is 11.7 Å². The molecule has 9 heteroatoms. The van der Waals surface area contributed by atoms with Gasteiger partial charge in [0.15, 0.2) is 5.69 Å². The molecule has 114 valence electrons. The summed E-state index contributed by atoms with van der Waals surface area (Å²) in [5.41, 5.74) is -0.625. The number of halogens is 3. The van der Waals surface area contributed by atoms with Crippen LogP contribution in [0.2, 0.25) is 0 Å². The maximum atomic E-state index is 12.8. The second-order valence-corrected chi connectivity index (χ2v) is 4.15. The topological polar surface area (TPSA) is 86.5 Å². The van der Waals surface area contributed by atoms with Crippen molar-refractivity contribution in [3.63, 3.8) is 0 Å². The van der Waals surface area contributed by atoms with E-state index in [0.29, 0.717) is 12.4 Å². The van der Waals surface area contributed by atoms with Crippen molar-refractivity contribution in [1.82, 2.24) is 15.0 Å². The van der Waals surface area contributed by atoms with Crippen LogP contribution < -0.4 is 10.6 Å². The van der Waals surface area contributed by atoms with E-state index in [9.17, 15) is 13.2 Å². The van der Waals surface area contributed by atoms with Crippen molar-refractivity contribution >= 4 is 11.6 Å². The Kier molecular flexibility index (Phi) is 4.73. The molecule has 2 heterocycles. The molecule has 0 aliphatic rings. The first-order valence-corrected chi connectivity index (χ1v) is 6.23. The van der Waals surface area contributed by atoms with Gasteiger partial charge in [0.2, 0.25) is 0 Å². The van der Waals surface area contributed by atoms with Crippen LogP contribution in [0.1, 0.15) is 11.3 Å². The summed E-state index contributed by atoms with van der Waals surface area (Å²) in [7, 11) is 0. The quantitative estimate of drug-likeness (QED) is 0.824. The molecule has 0 aliphatic heterocycles. The molecule has 0 atom stereocenters. The highest BCUT2D eigenvalue weighted by molar-refractivity contribution is 5.45. The average molecular weight is 308 g/mol. The zero-order chi connectivity index (χ0) is 16.0. The maximum absolute atomic E-state index is 12.8. The van der Waals surface area contributed by atoms with Gasteiger partial charge in [0, 0.05) is 19.3 Å². The molecule has 0 fully saturated rings. The van der Waals surface area contributed by atoms with Crippen LogP contribution in [0.5, 0.6) is 0 Å². The van der Waals surface area contributed by atoms with Crippen molar-refractivity contribution in [3.8, 4) is 6.07 Å². The highest BCUT2D eigenvalue weighted by atomic mass is 19.4. The number of nitriles is 1. The van der Waals surface area contributed by atoms with Gasteiger partial charge in [0.05, 0.1) is 18.0 Å². The smallest absolute Gasteiger partial charge is 0.368 e. The van der Waals surface area contributed by atoms with Gasteiger partial charge < -0.3 is 10.6 Å². The second-order valence-electron chi connectivity index (χ2n) is 4.15. The summed E-state index contributed by atoms with van der Waals surface area (Å²) >= 11 is 0. The molecule has 0 amide bonds. The van der Waals surface area contributed by atoms with Crippen LogP contribution in [0.15, 0.2) is 30.7 Å². The number of nitrogens with one attached hydrogen (secondary N) is 2. The lowest BCUT2D eigenvalue weighted by Gasteiger charge is -2.13. The third kappa shape index (κ3) is 4.05. The predicted molar refractivity (Wildman–Crippen MR) is 73.0 cm³/mol. The van der Waals surface area contributed by atoms with E-state index >= 15 is 0 Å². The molecule has 0 spiro atoms. The number of pyridine rings is 1. The second kappa shape index (κ2) is 6.71. The summed E-state index contributed by atoms with van der Waals surface area (Å²) in [6, 6.07) is 4.04. The van der Waals surface area contributed by atoms with Gasteiger partial charge in [-0.05, 0) is 12.1 Å². The molecule has 2 rings (SSSR count). The largest absolute Gasteiger partial charge is 0.419 e. The first-order chi connectivity index (χ1) is 10.5. The third-order valence-electron chi connectivity index (χ3n) is 2.60. The Morgan fingerprint density at radius 3 is 2.50 bits per heavy atom. The molecule has 0 radical (unpaired) electrons. The lowest BCUT2D eigenvalue weighted by molar-refractivity contribution is -0.137. The molecule has 0 unspecified atom stereocenters. The Morgan fingerprint density at radius 1 is 1.09 bits per heavy atom. The van der Waals surface area contributed by atoms with Crippen molar-refractivity contribution in [3.05, 3.63) is 42.0 Å². The molecule has 22 heavy (non-hydrogen) atoms. The van der Waals surface area contributed by atoms with Crippen LogP contribution in [-0.4, -0.2) is 28.0 Å². The highest BCUT2D eigenvalue weighted by Gasteiger charge is 2.33. The Bertz CT molecular complexity index is 663. The number of hydrogen-bond donors (Lipinski definition) is 2. The number of alkyl halides is 3. The fraction of sp³-hybridized carbons (Fsp3) is 0.231. The first kappa shape index (κ1) is 15.5. The molecule has 0 saturated carbocycles. The molecule has 2 aromatic heterocycles. The zero-order valence-electron chi connectivity index (χ0n) is 11.2. The molecule has 0 bridgehead atoms. The maximum Gasteiger partial charge on any atom is 0.419 e. The van der Waals surface area contributed by atoms with E-state index in [2.05, 4.69) is 25.6 Å². The summed E-state index contributed by atoms with van der Waals surface area (Å²) in [6.07, 6.45) is -0.490. The molecular weight excluding hydrogens is 297 g/mol. The van der Waals surface area contributed by atoms with Gasteiger partial charge in [-0.2, -0.15) is 18.4 Å². The van der Waals surface area contributed by atoms with Crippen molar-refractivity contribution in [2.24, 2.45) is 0 Å². The van der Waals surface area contributed by atoms with Crippen LogP contribution >= 0.6 is 0 Å². The number of aromatic nitrogens is 3. The molecule has 0 saturated heterocycles. The third-order valence-corrected chi connectivity index (χ3v) is 2.60. The Balaban J connectivity index is 1.88. The normalized spacial score (nSPS) is 10.8. The molecule has 2 aromatic rings. The molecule has 0 aromatic carbocycles. The Hall–Kier alpha value is -2.89. The van der Waals surface area contributed by atoms with Crippen molar-refractivity contribution in [2.45, 2.75) is 6.18 Å². The summed E-state index contributed by atoms with van der Waals surface area (Å²) < 4.78 is 38.3. The van der Waals surface area contributed by atoms with E-state index in [0.717, 1.165) is 6.07 Å². The lowest BCUT2D eigenvalue weighted by Crippen LogP contribution is -2.18. The van der Waals surface area contributed by atoms with Crippen LogP contribution in [0.25, 0.3) is 0 Å². The average Bonchev–Trinajstić information content (AvgIpc) is 2.51. The monoisotopic (exact) mass is 308 g/mol. The summed E-state index contributed by atoms with van der Waals surface area (Å²) in [5.74, 6) is 0.209. The minimum atomic E-state index is -4.46. The zero-order valence-corrected chi connectivity index (χ0v) is 11.2. The first-order valence-electron chi connectivity index (χ1n) is 6.23. The van der Waals surface area contributed by atoms with Gasteiger partial charge in [-0.25, -0.2) is 15.0 Å². The fourth-order valence-electron chi connectivity index (χ4n) is 1.62. The molecular formula is C13H11F3N6. The van der Waals surface area contributed by atoms with Gasteiger partial charge in [0.1, 0.15) is 17.7 Å². The predicted octanol–water partition coefficient (Wildman–Crippen LogP) is 2.29. The standard InChI is InChI=1S/C13H11F3N6/c14-13(15,16)10-2-1-3-19-12(10)20-5-4-18-11-8-21-9(6-17)7-22-11/h1-3,7-8H,4-5H2,(H,18,22)(H,19,20). The molecule has 0 aliphatic carbocycles. The minimum absolute atomic E-state index is 0.187. The van der Waals surface area contributed by atoms with Crippen molar-refractivity contribution in [1.29, 1.82) is 5.26 Å². The fourth-order valence-corrected chi connectivity index (χ4v) is 1.62. The lowest BCUT2D eigenvalue weighted by atomic mass is 10.2. The summed E-state index contributed by atoms with van der Waals surface area (Å²) in [6.45, 7) is 0.524. The van der Waals surface area contributed by atoms with Crippen LogP contribution in [0, 0.1) is 11.3 Å². The van der Waals surface area contributed by atoms with E-state index in [1.54, 1.807) is 0 Å². The Morgan fingerprint density at radius 2 is 1.86 bits per heavy atom. The van der Waals surface area contributed by atoms with E-state index in [1.165, 1.54) is 24.7 Å². The van der Waals surface area contributed by atoms with Crippen LogP contribution in [-0.2, 0) is 6.18 Å². The SMILES string of the molecule is N#Cc1cnc(NCCNc2ncccc2C(F)(F)F)cn1. The van der Waals surface area contributed by atoms with Gasteiger partial charge in [-0.3, -0.25) is 0 Å². The molecule has 6 nitrogen and oxygen atoms in total. The van der Waals surface area contributed by atoms with E-state index in [1.807, 2.05) is 6.07 Å². The number of rotatable bonds is 5. The summed E-state index contributed by atoms with van der Waals surface area (Å²) in [5, 5.41) is 14.1. The van der Waals surface area contributed by atoms with Crippen LogP contribution in [0.4, 0.5) is 24.8 Å². The number of nitrogens with zero attached hydrogens (tertiary/aromatic N) is 4. The minimum Gasteiger partial charge on any atom is -0.368 e. The van der Waals surface area contributed by atoms with Gasteiger partial charge in [-0.15, -0.1) is 0 Å². The van der Waals surface area contributed by atoms with E-state index in [4.69, 9.17) is 5.26 Å². The molecule has 2 N–H and O–H groups in total. The van der Waals surface area contributed by atoms with Crippen molar-refractivity contribution in [2.75, 3.05) is 23.7 Å². The van der Waals surface area contributed by atoms with E-state index in [-0.39, 0.29) is 18.1 Å². The van der Waals surface area contributed by atoms with Gasteiger partial charge in [0.25, 0.3) is 0 Å². The summed E-state index contributed by atoms with van der Waals surface area (Å²) in [4.78, 5) is 11.4. The van der Waals surface area contributed by atoms with Crippen LogP contribution in [0.3, 0.4) is 0 Å². The number of hydrogen-bond acceptors (Lipinski definition) is 6. The van der Waals surface area contributed by atoms with Gasteiger partial charge >= 0.3 is 6.18 Å². The number of anilines is 2. The van der Waals surface area contributed by atoms with Gasteiger partial charge in [-0.1, -0.05) is 0 Å². The highest BCUT2D eigenvalue weighted by Crippen LogP contribution is 2.33. The van der Waals surface area contributed by atoms with Crippen molar-refractivity contribution < 1.29 is 13.2 Å².